The van der Waals surface area contributed by atoms with E-state index in [1.165, 1.54) is 16.8 Å². The Labute approximate surface area is 172 Å². The summed E-state index contributed by atoms with van der Waals surface area (Å²) in [7, 11) is 7.96. The maximum absolute atomic E-state index is 4.52. The fourth-order valence-electron chi connectivity index (χ4n) is 2.51. The number of aryl methyl sites for hydroxylation is 2. The van der Waals surface area contributed by atoms with Gasteiger partial charge in [0.05, 0.1) is 17.2 Å². The van der Waals surface area contributed by atoms with Crippen LogP contribution in [-0.4, -0.2) is 44.0 Å². The lowest BCUT2D eigenvalue weighted by atomic mass is 10.1. The standard InChI is InChI=1S/C18H27N5S.HI/c1-13-9-17(22(4)5)8-7-15(13)10-20-18(19-3)23(6)11-16-12-24-14(2)21-16;/h7-9,12H,10-11H2,1-6H3,(H,19,20);1H. The van der Waals surface area contributed by atoms with E-state index in [2.05, 4.69) is 69.7 Å². The molecule has 0 fully saturated rings. The molecule has 1 heterocycles. The van der Waals surface area contributed by atoms with Crippen LogP contribution in [0.1, 0.15) is 21.8 Å². The third-order valence-corrected chi connectivity index (χ3v) is 4.74. The first-order chi connectivity index (χ1) is 11.4. The van der Waals surface area contributed by atoms with Gasteiger partial charge in [-0.05, 0) is 37.1 Å². The van der Waals surface area contributed by atoms with Crippen LogP contribution in [0.3, 0.4) is 0 Å². The third-order valence-electron chi connectivity index (χ3n) is 3.92. The number of aromatic nitrogens is 1. The molecule has 2 rings (SSSR count). The highest BCUT2D eigenvalue weighted by Gasteiger charge is 2.09. The predicted octanol–water partition coefficient (Wildman–Crippen LogP) is 3.65. The van der Waals surface area contributed by atoms with Crippen molar-refractivity contribution in [2.24, 2.45) is 4.99 Å². The number of anilines is 1. The molecule has 0 atom stereocenters. The molecule has 0 aliphatic carbocycles. The number of halogens is 1. The second kappa shape index (κ2) is 9.96. The molecule has 2 aromatic rings. The van der Waals surface area contributed by atoms with Crippen LogP contribution in [0.25, 0.3) is 0 Å². The van der Waals surface area contributed by atoms with Crippen molar-refractivity contribution in [3.63, 3.8) is 0 Å². The van der Waals surface area contributed by atoms with E-state index >= 15 is 0 Å². The summed E-state index contributed by atoms with van der Waals surface area (Å²) in [5, 5.41) is 6.64. The van der Waals surface area contributed by atoms with Crippen molar-refractivity contribution in [2.75, 3.05) is 33.1 Å². The zero-order valence-electron chi connectivity index (χ0n) is 15.8. The average Bonchev–Trinajstić information content (AvgIpc) is 2.94. The van der Waals surface area contributed by atoms with Crippen molar-refractivity contribution in [1.29, 1.82) is 0 Å². The van der Waals surface area contributed by atoms with Crippen LogP contribution in [0.15, 0.2) is 28.6 Å². The maximum Gasteiger partial charge on any atom is 0.194 e. The van der Waals surface area contributed by atoms with Crippen LogP contribution in [-0.2, 0) is 13.1 Å². The van der Waals surface area contributed by atoms with Crippen molar-refractivity contribution < 1.29 is 0 Å². The van der Waals surface area contributed by atoms with Gasteiger partial charge in [-0.15, -0.1) is 35.3 Å². The second-order valence-electron chi connectivity index (χ2n) is 6.12. The van der Waals surface area contributed by atoms with Gasteiger partial charge in [-0.2, -0.15) is 0 Å². The summed E-state index contributed by atoms with van der Waals surface area (Å²) in [6.07, 6.45) is 0. The summed E-state index contributed by atoms with van der Waals surface area (Å²) in [4.78, 5) is 13.1. The molecule has 0 aliphatic rings. The molecule has 1 N–H and O–H groups in total. The lowest BCUT2D eigenvalue weighted by Crippen LogP contribution is -2.38. The Kier molecular flexibility index (Phi) is 8.64. The molecule has 0 saturated carbocycles. The summed E-state index contributed by atoms with van der Waals surface area (Å²) in [5.74, 6) is 0.872. The number of rotatable bonds is 5. The quantitative estimate of drug-likeness (QED) is 0.409. The minimum atomic E-state index is 0. The molecule has 1 aromatic heterocycles. The van der Waals surface area contributed by atoms with Crippen LogP contribution in [0, 0.1) is 13.8 Å². The van der Waals surface area contributed by atoms with E-state index in [0.29, 0.717) is 0 Å². The van der Waals surface area contributed by atoms with E-state index < -0.39 is 0 Å². The Hall–Kier alpha value is -1.35. The summed E-state index contributed by atoms with van der Waals surface area (Å²) in [6.45, 7) is 5.69. The van der Waals surface area contributed by atoms with Crippen molar-refractivity contribution in [3.8, 4) is 0 Å². The molecule has 138 valence electrons. The van der Waals surface area contributed by atoms with E-state index in [4.69, 9.17) is 0 Å². The van der Waals surface area contributed by atoms with E-state index in [1.54, 1.807) is 11.3 Å². The zero-order valence-corrected chi connectivity index (χ0v) is 19.0. The third kappa shape index (κ3) is 6.14. The van der Waals surface area contributed by atoms with Gasteiger partial charge in [0.2, 0.25) is 0 Å². The maximum atomic E-state index is 4.52. The molecule has 7 heteroatoms. The van der Waals surface area contributed by atoms with Crippen LogP contribution >= 0.6 is 35.3 Å². The molecule has 0 bridgehead atoms. The van der Waals surface area contributed by atoms with Gasteiger partial charge < -0.3 is 15.1 Å². The zero-order chi connectivity index (χ0) is 17.7. The van der Waals surface area contributed by atoms with Gasteiger partial charge in [-0.3, -0.25) is 4.99 Å². The van der Waals surface area contributed by atoms with Gasteiger partial charge >= 0.3 is 0 Å². The Morgan fingerprint density at radius 1 is 1.24 bits per heavy atom. The minimum Gasteiger partial charge on any atom is -0.378 e. The minimum absolute atomic E-state index is 0. The molecule has 0 amide bonds. The molecule has 0 unspecified atom stereocenters. The van der Waals surface area contributed by atoms with E-state index in [0.717, 1.165) is 29.8 Å². The van der Waals surface area contributed by atoms with E-state index in [1.807, 2.05) is 21.0 Å². The van der Waals surface area contributed by atoms with Gasteiger partial charge in [0.15, 0.2) is 5.96 Å². The number of aliphatic imine (C=N–C) groups is 1. The van der Waals surface area contributed by atoms with Gasteiger partial charge in [-0.25, -0.2) is 4.98 Å². The first kappa shape index (κ1) is 21.7. The van der Waals surface area contributed by atoms with Crippen molar-refractivity contribution in [2.45, 2.75) is 26.9 Å². The highest BCUT2D eigenvalue weighted by Crippen LogP contribution is 2.17. The molecule has 5 nitrogen and oxygen atoms in total. The Bertz CT molecular complexity index is 711. The van der Waals surface area contributed by atoms with E-state index in [9.17, 15) is 0 Å². The predicted molar refractivity (Wildman–Crippen MR) is 119 cm³/mol. The number of nitrogens with one attached hydrogen (secondary N) is 1. The second-order valence-corrected chi connectivity index (χ2v) is 7.18. The molecule has 0 spiro atoms. The first-order valence-corrected chi connectivity index (χ1v) is 8.88. The SMILES string of the molecule is CN=C(NCc1ccc(N(C)C)cc1C)N(C)Cc1csc(C)n1.I. The lowest BCUT2D eigenvalue weighted by molar-refractivity contribution is 0.470. The van der Waals surface area contributed by atoms with Crippen LogP contribution in [0.2, 0.25) is 0 Å². The highest BCUT2D eigenvalue weighted by atomic mass is 127. The highest BCUT2D eigenvalue weighted by molar-refractivity contribution is 14.0. The van der Waals surface area contributed by atoms with Gasteiger partial charge in [0, 0.05) is 45.8 Å². The molecular weight excluding hydrogens is 445 g/mol. The molecular formula is C18H28IN5S. The van der Waals surface area contributed by atoms with Crippen molar-refractivity contribution in [3.05, 3.63) is 45.4 Å². The Balaban J connectivity index is 0.00000312. The number of hydrogen-bond donors (Lipinski definition) is 1. The largest absolute Gasteiger partial charge is 0.378 e. The fourth-order valence-corrected chi connectivity index (χ4v) is 3.12. The lowest BCUT2D eigenvalue weighted by Gasteiger charge is -2.22. The Morgan fingerprint density at radius 2 is 1.96 bits per heavy atom. The number of benzene rings is 1. The first-order valence-electron chi connectivity index (χ1n) is 8.00. The average molecular weight is 473 g/mol. The monoisotopic (exact) mass is 473 g/mol. The molecule has 0 radical (unpaired) electrons. The summed E-state index contributed by atoms with van der Waals surface area (Å²) < 4.78 is 0. The van der Waals surface area contributed by atoms with Crippen molar-refractivity contribution in [1.82, 2.24) is 15.2 Å². The van der Waals surface area contributed by atoms with Crippen molar-refractivity contribution >= 4 is 47.0 Å². The topological polar surface area (TPSA) is 43.8 Å². The van der Waals surface area contributed by atoms with Gasteiger partial charge in [0.1, 0.15) is 0 Å². The summed E-state index contributed by atoms with van der Waals surface area (Å²) in [5.41, 5.74) is 4.85. The van der Waals surface area contributed by atoms with Crippen LogP contribution in [0.4, 0.5) is 5.69 Å². The van der Waals surface area contributed by atoms with Gasteiger partial charge in [0.25, 0.3) is 0 Å². The number of thiazole rings is 1. The fraction of sp³-hybridized carbons (Fsp3) is 0.444. The number of hydrogen-bond acceptors (Lipinski definition) is 4. The molecule has 1 aromatic carbocycles. The van der Waals surface area contributed by atoms with E-state index in [-0.39, 0.29) is 24.0 Å². The molecule has 0 aliphatic heterocycles. The Morgan fingerprint density at radius 3 is 2.48 bits per heavy atom. The van der Waals surface area contributed by atoms with Gasteiger partial charge in [-0.1, -0.05) is 6.07 Å². The normalized spacial score (nSPS) is 11.0. The molecule has 25 heavy (non-hydrogen) atoms. The van der Waals surface area contributed by atoms with Crippen LogP contribution in [0.5, 0.6) is 0 Å². The number of nitrogens with zero attached hydrogens (tertiary/aromatic N) is 4. The summed E-state index contributed by atoms with van der Waals surface area (Å²) in [6, 6.07) is 6.53. The number of guanidine groups is 1. The van der Waals surface area contributed by atoms with Crippen LogP contribution < -0.4 is 10.2 Å². The smallest absolute Gasteiger partial charge is 0.194 e. The summed E-state index contributed by atoms with van der Waals surface area (Å²) >= 11 is 1.68. The molecule has 0 saturated heterocycles.